The largest absolute Gasteiger partial charge is 0.360 e. The summed E-state index contributed by atoms with van der Waals surface area (Å²) in [5, 5.41) is 7.31. The molecule has 0 saturated carbocycles. The SMILES string of the molecule is CC1CC2(CC(C)NC(=S)N1)SCS(=O)(=O)N2Cc1ccccc1. The third-order valence-corrected chi connectivity index (χ3v) is 8.70. The van der Waals surface area contributed by atoms with E-state index in [1.807, 2.05) is 30.3 Å². The van der Waals surface area contributed by atoms with Crippen LogP contribution in [-0.4, -0.2) is 39.9 Å². The first-order valence-corrected chi connectivity index (χ1v) is 11.1. The van der Waals surface area contributed by atoms with Crippen LogP contribution < -0.4 is 10.6 Å². The molecule has 2 aliphatic rings. The first-order valence-electron chi connectivity index (χ1n) is 8.06. The van der Waals surface area contributed by atoms with Crippen LogP contribution in [0.5, 0.6) is 0 Å². The van der Waals surface area contributed by atoms with E-state index in [1.54, 1.807) is 16.1 Å². The molecule has 2 unspecified atom stereocenters. The van der Waals surface area contributed by atoms with Gasteiger partial charge in [0.1, 0.15) is 5.08 Å². The van der Waals surface area contributed by atoms with E-state index in [0.717, 1.165) is 18.4 Å². The summed E-state index contributed by atoms with van der Waals surface area (Å²) < 4.78 is 27.2. The Morgan fingerprint density at radius 3 is 2.38 bits per heavy atom. The first kappa shape index (κ1) is 18.0. The molecule has 1 spiro atoms. The van der Waals surface area contributed by atoms with E-state index in [4.69, 9.17) is 12.2 Å². The predicted molar refractivity (Wildman–Crippen MR) is 103 cm³/mol. The molecule has 2 N–H and O–H groups in total. The summed E-state index contributed by atoms with van der Waals surface area (Å²) in [6, 6.07) is 10.0. The quantitative estimate of drug-likeness (QED) is 0.762. The summed E-state index contributed by atoms with van der Waals surface area (Å²) in [6.45, 7) is 4.52. The topological polar surface area (TPSA) is 61.4 Å². The average molecular weight is 386 g/mol. The van der Waals surface area contributed by atoms with Gasteiger partial charge in [0.15, 0.2) is 5.11 Å². The Labute approximate surface area is 153 Å². The molecule has 132 valence electrons. The lowest BCUT2D eigenvalue weighted by molar-refractivity contribution is 0.223. The van der Waals surface area contributed by atoms with Crippen LogP contribution in [0.4, 0.5) is 0 Å². The van der Waals surface area contributed by atoms with E-state index in [9.17, 15) is 8.42 Å². The van der Waals surface area contributed by atoms with Crippen LogP contribution in [0.3, 0.4) is 0 Å². The molecule has 2 aliphatic heterocycles. The second kappa shape index (κ2) is 6.82. The van der Waals surface area contributed by atoms with Gasteiger partial charge in [-0.25, -0.2) is 8.42 Å². The lowest BCUT2D eigenvalue weighted by Gasteiger charge is -2.42. The van der Waals surface area contributed by atoms with Crippen LogP contribution in [-0.2, 0) is 16.6 Å². The minimum atomic E-state index is -3.27. The zero-order valence-electron chi connectivity index (χ0n) is 13.9. The average Bonchev–Trinajstić information content (AvgIpc) is 2.71. The smallest absolute Gasteiger partial charge is 0.225 e. The molecule has 0 amide bonds. The maximum absolute atomic E-state index is 12.8. The molecule has 2 fully saturated rings. The van der Waals surface area contributed by atoms with Gasteiger partial charge >= 0.3 is 0 Å². The summed E-state index contributed by atoms with van der Waals surface area (Å²) in [5.74, 6) is 0. The zero-order chi connectivity index (χ0) is 17.4. The van der Waals surface area contributed by atoms with E-state index in [2.05, 4.69) is 24.5 Å². The van der Waals surface area contributed by atoms with Crippen molar-refractivity contribution in [2.45, 2.75) is 50.2 Å². The Morgan fingerprint density at radius 1 is 1.21 bits per heavy atom. The van der Waals surface area contributed by atoms with Crippen LogP contribution in [0.25, 0.3) is 0 Å². The van der Waals surface area contributed by atoms with Crippen LogP contribution in [0.15, 0.2) is 30.3 Å². The summed E-state index contributed by atoms with van der Waals surface area (Å²) in [6.07, 6.45) is 1.46. The number of rotatable bonds is 2. The number of benzene rings is 1. The standard InChI is InChI=1S/C16H23N3O2S3/c1-12-8-16(9-13(2)18-15(22)17-12)19(24(20,21)11-23-16)10-14-6-4-3-5-7-14/h3-7,12-13H,8-11H2,1-2H3,(H2,17,18,22). The third-order valence-electron chi connectivity index (χ3n) is 4.44. The number of thiocarbonyl (C=S) groups is 1. The molecule has 3 rings (SSSR count). The van der Waals surface area contributed by atoms with E-state index in [1.165, 1.54) is 0 Å². The van der Waals surface area contributed by atoms with Gasteiger partial charge in [-0.15, -0.1) is 11.8 Å². The van der Waals surface area contributed by atoms with Gasteiger partial charge in [-0.3, -0.25) is 0 Å². The molecule has 0 bridgehead atoms. The Bertz CT molecular complexity index is 693. The molecule has 1 aromatic carbocycles. The Kier molecular flexibility index (Phi) is 5.11. The van der Waals surface area contributed by atoms with Gasteiger partial charge in [0.05, 0.1) is 4.87 Å². The molecule has 5 nitrogen and oxygen atoms in total. The van der Waals surface area contributed by atoms with Crippen molar-refractivity contribution in [1.29, 1.82) is 0 Å². The highest BCUT2D eigenvalue weighted by Gasteiger charge is 2.52. The van der Waals surface area contributed by atoms with Crippen molar-refractivity contribution in [2.75, 3.05) is 5.08 Å². The summed E-state index contributed by atoms with van der Waals surface area (Å²) in [5.41, 5.74) is 1.02. The van der Waals surface area contributed by atoms with E-state index in [0.29, 0.717) is 11.7 Å². The second-order valence-electron chi connectivity index (χ2n) is 6.64. The van der Waals surface area contributed by atoms with E-state index >= 15 is 0 Å². The summed E-state index contributed by atoms with van der Waals surface area (Å²) in [7, 11) is -3.27. The minimum absolute atomic E-state index is 0.108. The summed E-state index contributed by atoms with van der Waals surface area (Å²) in [4.78, 5) is -0.441. The maximum atomic E-state index is 12.8. The molecule has 2 saturated heterocycles. The van der Waals surface area contributed by atoms with Gasteiger partial charge in [-0.05, 0) is 44.5 Å². The van der Waals surface area contributed by atoms with Crippen LogP contribution >= 0.6 is 24.0 Å². The minimum Gasteiger partial charge on any atom is -0.360 e. The fourth-order valence-electron chi connectivity index (χ4n) is 3.52. The van der Waals surface area contributed by atoms with Crippen molar-refractivity contribution < 1.29 is 8.42 Å². The van der Waals surface area contributed by atoms with Crippen molar-refractivity contribution in [1.82, 2.24) is 14.9 Å². The van der Waals surface area contributed by atoms with Crippen molar-refractivity contribution >= 4 is 39.1 Å². The van der Waals surface area contributed by atoms with E-state index < -0.39 is 14.9 Å². The van der Waals surface area contributed by atoms with Crippen LogP contribution in [0, 0.1) is 0 Å². The molecule has 24 heavy (non-hydrogen) atoms. The van der Waals surface area contributed by atoms with Gasteiger partial charge in [0, 0.05) is 18.6 Å². The summed E-state index contributed by atoms with van der Waals surface area (Å²) >= 11 is 6.83. The monoisotopic (exact) mass is 385 g/mol. The molecule has 1 aromatic rings. The van der Waals surface area contributed by atoms with Gasteiger partial charge < -0.3 is 10.6 Å². The van der Waals surface area contributed by atoms with Crippen molar-refractivity contribution in [3.05, 3.63) is 35.9 Å². The number of nitrogens with one attached hydrogen (secondary N) is 2. The Morgan fingerprint density at radius 2 is 1.79 bits per heavy atom. The highest BCUT2D eigenvalue weighted by Crippen LogP contribution is 2.48. The lowest BCUT2D eigenvalue weighted by atomic mass is 9.98. The van der Waals surface area contributed by atoms with Gasteiger partial charge in [0.25, 0.3) is 0 Å². The van der Waals surface area contributed by atoms with Gasteiger partial charge in [0.2, 0.25) is 10.0 Å². The number of hydrogen-bond donors (Lipinski definition) is 2. The van der Waals surface area contributed by atoms with Crippen molar-refractivity contribution in [2.24, 2.45) is 0 Å². The zero-order valence-corrected chi connectivity index (χ0v) is 16.3. The fourth-order valence-corrected chi connectivity index (χ4v) is 8.35. The second-order valence-corrected chi connectivity index (χ2v) is 10.6. The Balaban J connectivity index is 1.94. The highest BCUT2D eigenvalue weighted by molar-refractivity contribution is 8.15. The molecule has 0 aliphatic carbocycles. The molecular weight excluding hydrogens is 362 g/mol. The highest BCUT2D eigenvalue weighted by atomic mass is 32.3. The Hall–Kier alpha value is -0.830. The van der Waals surface area contributed by atoms with Crippen LogP contribution in [0.1, 0.15) is 32.3 Å². The maximum Gasteiger partial charge on any atom is 0.225 e. The molecule has 2 atom stereocenters. The normalized spacial score (nSPS) is 33.5. The first-order chi connectivity index (χ1) is 11.3. The molecule has 2 heterocycles. The number of thioether (sulfide) groups is 1. The van der Waals surface area contributed by atoms with Crippen molar-refractivity contribution in [3.63, 3.8) is 0 Å². The van der Waals surface area contributed by atoms with Crippen molar-refractivity contribution in [3.8, 4) is 0 Å². The number of hydrogen-bond acceptors (Lipinski definition) is 4. The molecular formula is C16H23N3O2S3. The molecule has 0 aromatic heterocycles. The fraction of sp³-hybridized carbons (Fsp3) is 0.562. The molecule has 8 heteroatoms. The predicted octanol–water partition coefficient (Wildman–Crippen LogP) is 2.25. The van der Waals surface area contributed by atoms with Gasteiger partial charge in [-0.1, -0.05) is 30.3 Å². The van der Waals surface area contributed by atoms with E-state index in [-0.39, 0.29) is 17.2 Å². The molecule has 0 radical (unpaired) electrons. The third kappa shape index (κ3) is 3.71. The lowest BCUT2D eigenvalue weighted by Crippen LogP contribution is -2.56. The van der Waals surface area contributed by atoms with Gasteiger partial charge in [-0.2, -0.15) is 4.31 Å². The number of nitrogens with zero attached hydrogens (tertiary/aromatic N) is 1. The number of sulfonamides is 1. The van der Waals surface area contributed by atoms with Crippen LogP contribution in [0.2, 0.25) is 0 Å².